The molecule has 100 valence electrons. The van der Waals surface area contributed by atoms with Crippen LogP contribution in [0.5, 0.6) is 0 Å². The van der Waals surface area contributed by atoms with Gasteiger partial charge in [0.25, 0.3) is 0 Å². The van der Waals surface area contributed by atoms with E-state index in [1.165, 1.54) is 11.1 Å². The number of hydrogen-bond acceptors (Lipinski definition) is 3. The van der Waals surface area contributed by atoms with E-state index in [9.17, 15) is 0 Å². The molecule has 0 aromatic heterocycles. The normalized spacial score (nSPS) is 12.4. The van der Waals surface area contributed by atoms with Gasteiger partial charge in [0.15, 0.2) is 0 Å². The third-order valence-electron chi connectivity index (χ3n) is 2.98. The minimum atomic E-state index is 0.130. The summed E-state index contributed by atoms with van der Waals surface area (Å²) in [6.07, 6.45) is 0. The molecule has 0 saturated carbocycles. The van der Waals surface area contributed by atoms with E-state index in [0.717, 1.165) is 15.7 Å². The highest BCUT2D eigenvalue weighted by atomic mass is 35.5. The Bertz CT molecular complexity index is 545. The van der Waals surface area contributed by atoms with Gasteiger partial charge in [0, 0.05) is 15.7 Å². The lowest BCUT2D eigenvalue weighted by molar-refractivity contribution is 0.608. The molecule has 2 nitrogen and oxygen atoms in total. The molecule has 2 aromatic carbocycles. The summed E-state index contributed by atoms with van der Waals surface area (Å²) in [5.41, 5.74) is 5.37. The average molecular weight is 293 g/mol. The minimum Gasteiger partial charge on any atom is -0.271 e. The van der Waals surface area contributed by atoms with E-state index in [1.54, 1.807) is 11.8 Å². The molecule has 4 heteroatoms. The van der Waals surface area contributed by atoms with Crippen LogP contribution in [-0.4, -0.2) is 5.75 Å². The first-order valence-corrected chi connectivity index (χ1v) is 7.47. The van der Waals surface area contributed by atoms with Crippen LogP contribution < -0.4 is 11.3 Å². The molecule has 0 aliphatic rings. The van der Waals surface area contributed by atoms with Crippen molar-refractivity contribution in [3.63, 3.8) is 0 Å². The first kappa shape index (κ1) is 14.4. The first-order chi connectivity index (χ1) is 9.20. The molecule has 0 heterocycles. The number of hydrogen-bond donors (Lipinski definition) is 2. The highest BCUT2D eigenvalue weighted by molar-refractivity contribution is 7.99. The van der Waals surface area contributed by atoms with Crippen molar-refractivity contribution in [2.75, 3.05) is 5.75 Å². The summed E-state index contributed by atoms with van der Waals surface area (Å²) in [4.78, 5) is 1.15. The maximum absolute atomic E-state index is 5.98. The van der Waals surface area contributed by atoms with Gasteiger partial charge >= 0.3 is 0 Å². The van der Waals surface area contributed by atoms with Crippen molar-refractivity contribution in [3.05, 3.63) is 64.7 Å². The number of thioether (sulfide) groups is 1. The molecule has 0 bridgehead atoms. The highest BCUT2D eigenvalue weighted by Gasteiger charge is 2.12. The van der Waals surface area contributed by atoms with Crippen molar-refractivity contribution in [2.24, 2.45) is 5.84 Å². The van der Waals surface area contributed by atoms with E-state index in [1.807, 2.05) is 30.3 Å². The van der Waals surface area contributed by atoms with Crippen molar-refractivity contribution in [3.8, 4) is 0 Å². The van der Waals surface area contributed by atoms with E-state index in [-0.39, 0.29) is 6.04 Å². The average Bonchev–Trinajstić information content (AvgIpc) is 2.41. The Morgan fingerprint density at radius 3 is 2.68 bits per heavy atom. The highest BCUT2D eigenvalue weighted by Crippen LogP contribution is 2.27. The molecular formula is C15H17ClN2S. The molecule has 0 amide bonds. The summed E-state index contributed by atoms with van der Waals surface area (Å²) < 4.78 is 0. The third kappa shape index (κ3) is 3.98. The molecule has 19 heavy (non-hydrogen) atoms. The number of halogens is 1. The Labute approximate surface area is 123 Å². The Balaban J connectivity index is 2.06. The van der Waals surface area contributed by atoms with Gasteiger partial charge in [-0.3, -0.25) is 11.3 Å². The molecule has 0 fully saturated rings. The number of aryl methyl sites for hydroxylation is 1. The fourth-order valence-corrected chi connectivity index (χ4v) is 3.22. The second kappa shape index (κ2) is 6.96. The molecule has 1 unspecified atom stereocenters. The Morgan fingerprint density at radius 1 is 1.21 bits per heavy atom. The SMILES string of the molecule is Cc1ccccc1C(CSc1cccc(Cl)c1)NN. The fraction of sp³-hybridized carbons (Fsp3) is 0.200. The van der Waals surface area contributed by atoms with Crippen LogP contribution in [0, 0.1) is 6.92 Å². The summed E-state index contributed by atoms with van der Waals surface area (Å²) in [5, 5.41) is 0.762. The molecule has 0 aliphatic carbocycles. The number of nitrogens with two attached hydrogens (primary N) is 1. The molecular weight excluding hydrogens is 276 g/mol. The van der Waals surface area contributed by atoms with Crippen LogP contribution in [0.15, 0.2) is 53.4 Å². The van der Waals surface area contributed by atoms with Gasteiger partial charge in [0.2, 0.25) is 0 Å². The van der Waals surface area contributed by atoms with Crippen LogP contribution >= 0.6 is 23.4 Å². The van der Waals surface area contributed by atoms with E-state index in [4.69, 9.17) is 17.4 Å². The zero-order chi connectivity index (χ0) is 13.7. The molecule has 0 aliphatic heterocycles. The predicted molar refractivity (Wildman–Crippen MR) is 83.4 cm³/mol. The second-order valence-electron chi connectivity index (χ2n) is 4.34. The molecule has 0 spiro atoms. The topological polar surface area (TPSA) is 38.0 Å². The minimum absolute atomic E-state index is 0.130. The zero-order valence-corrected chi connectivity index (χ0v) is 12.3. The summed E-state index contributed by atoms with van der Waals surface area (Å²) in [5.74, 6) is 6.54. The van der Waals surface area contributed by atoms with Crippen LogP contribution in [0.25, 0.3) is 0 Å². The van der Waals surface area contributed by atoms with Crippen molar-refractivity contribution in [2.45, 2.75) is 17.9 Å². The Morgan fingerprint density at radius 2 is 2.00 bits per heavy atom. The lowest BCUT2D eigenvalue weighted by atomic mass is 10.0. The van der Waals surface area contributed by atoms with Crippen molar-refractivity contribution in [1.82, 2.24) is 5.43 Å². The lowest BCUT2D eigenvalue weighted by Crippen LogP contribution is -2.30. The van der Waals surface area contributed by atoms with Crippen LogP contribution in [0.2, 0.25) is 5.02 Å². The van der Waals surface area contributed by atoms with E-state index in [2.05, 4.69) is 30.5 Å². The molecule has 1 atom stereocenters. The maximum atomic E-state index is 5.98. The summed E-state index contributed by atoms with van der Waals surface area (Å²) in [7, 11) is 0. The van der Waals surface area contributed by atoms with Crippen LogP contribution in [0.1, 0.15) is 17.2 Å². The zero-order valence-electron chi connectivity index (χ0n) is 10.8. The van der Waals surface area contributed by atoms with Gasteiger partial charge in [-0.2, -0.15) is 0 Å². The Kier molecular flexibility index (Phi) is 5.28. The quantitative estimate of drug-likeness (QED) is 0.498. The van der Waals surface area contributed by atoms with Gasteiger partial charge in [-0.1, -0.05) is 41.9 Å². The van der Waals surface area contributed by atoms with Crippen LogP contribution in [0.4, 0.5) is 0 Å². The Hall–Kier alpha value is -1.00. The van der Waals surface area contributed by atoms with Crippen molar-refractivity contribution in [1.29, 1.82) is 0 Å². The van der Waals surface area contributed by atoms with Gasteiger partial charge in [-0.05, 0) is 36.2 Å². The van der Waals surface area contributed by atoms with Crippen molar-refractivity contribution < 1.29 is 0 Å². The van der Waals surface area contributed by atoms with E-state index >= 15 is 0 Å². The second-order valence-corrected chi connectivity index (χ2v) is 5.87. The van der Waals surface area contributed by atoms with Crippen LogP contribution in [0.3, 0.4) is 0 Å². The maximum Gasteiger partial charge on any atom is 0.0556 e. The number of benzene rings is 2. The van der Waals surface area contributed by atoms with Gasteiger partial charge in [0.05, 0.1) is 6.04 Å². The molecule has 3 N–H and O–H groups in total. The standard InChI is InChI=1S/C15H17ClN2S/c1-11-5-2-3-8-14(11)15(18-17)10-19-13-7-4-6-12(16)9-13/h2-9,15,18H,10,17H2,1H3. The number of hydrazine groups is 1. The van der Waals surface area contributed by atoms with Crippen molar-refractivity contribution >= 4 is 23.4 Å². The van der Waals surface area contributed by atoms with Gasteiger partial charge < -0.3 is 0 Å². The monoisotopic (exact) mass is 292 g/mol. The van der Waals surface area contributed by atoms with E-state index in [0.29, 0.717) is 0 Å². The third-order valence-corrected chi connectivity index (χ3v) is 4.30. The van der Waals surface area contributed by atoms with E-state index < -0.39 is 0 Å². The van der Waals surface area contributed by atoms with Gasteiger partial charge in [-0.25, -0.2) is 0 Å². The molecule has 0 radical (unpaired) electrons. The smallest absolute Gasteiger partial charge is 0.0556 e. The molecule has 0 saturated heterocycles. The van der Waals surface area contributed by atoms with Gasteiger partial charge in [0.1, 0.15) is 0 Å². The fourth-order valence-electron chi connectivity index (χ4n) is 1.94. The summed E-state index contributed by atoms with van der Waals surface area (Å²) in [6, 6.07) is 16.3. The summed E-state index contributed by atoms with van der Waals surface area (Å²) >= 11 is 7.73. The molecule has 2 rings (SSSR count). The lowest BCUT2D eigenvalue weighted by Gasteiger charge is -2.18. The first-order valence-electron chi connectivity index (χ1n) is 6.10. The van der Waals surface area contributed by atoms with Crippen LogP contribution in [-0.2, 0) is 0 Å². The van der Waals surface area contributed by atoms with Gasteiger partial charge in [-0.15, -0.1) is 11.8 Å². The molecule has 2 aromatic rings. The number of nitrogens with one attached hydrogen (secondary N) is 1. The number of rotatable bonds is 5. The summed E-state index contributed by atoms with van der Waals surface area (Å²) in [6.45, 7) is 2.10. The largest absolute Gasteiger partial charge is 0.271 e. The predicted octanol–water partition coefficient (Wildman–Crippen LogP) is 3.95.